The molecule has 0 bridgehead atoms. The van der Waals surface area contributed by atoms with Crippen molar-refractivity contribution in [1.29, 1.82) is 0 Å². The summed E-state index contributed by atoms with van der Waals surface area (Å²) < 4.78 is 44.5. The minimum Gasteiger partial charge on any atom is -0.485 e. The standard InChI is InChI=1S/C24H24F3NO2S/c1-23(2,3)14-19(20-12-13-21(31-20)22(28)29)30-18-10-6-16(7-11-18)15-4-8-17(9-5-15)24(25,26)27/h4-13,19H,14H2,1-3H3,(H2,28,29). The average molecular weight is 448 g/mol. The Labute approximate surface area is 183 Å². The number of benzene rings is 2. The van der Waals surface area contributed by atoms with Crippen molar-refractivity contribution < 1.29 is 22.7 Å². The topological polar surface area (TPSA) is 52.3 Å². The highest BCUT2D eigenvalue weighted by atomic mass is 32.1. The molecule has 1 aromatic heterocycles. The number of alkyl halides is 3. The van der Waals surface area contributed by atoms with Crippen LogP contribution in [0.15, 0.2) is 60.7 Å². The summed E-state index contributed by atoms with van der Waals surface area (Å²) in [6, 6.07) is 15.8. The Morgan fingerprint density at radius 2 is 1.48 bits per heavy atom. The van der Waals surface area contributed by atoms with E-state index in [-0.39, 0.29) is 11.5 Å². The minimum absolute atomic E-state index is 0.0122. The zero-order chi connectivity index (χ0) is 22.8. The van der Waals surface area contributed by atoms with Crippen LogP contribution in [0.25, 0.3) is 11.1 Å². The van der Waals surface area contributed by atoms with Crippen LogP contribution in [-0.4, -0.2) is 5.91 Å². The summed E-state index contributed by atoms with van der Waals surface area (Å²) in [7, 11) is 0. The fourth-order valence-electron chi connectivity index (χ4n) is 3.16. The minimum atomic E-state index is -4.35. The highest BCUT2D eigenvalue weighted by Gasteiger charge is 2.30. The van der Waals surface area contributed by atoms with Gasteiger partial charge in [-0.1, -0.05) is 45.0 Å². The van der Waals surface area contributed by atoms with Crippen LogP contribution in [0.1, 0.15) is 53.4 Å². The van der Waals surface area contributed by atoms with E-state index in [1.165, 1.54) is 23.5 Å². The van der Waals surface area contributed by atoms with Gasteiger partial charge >= 0.3 is 6.18 Å². The molecule has 1 atom stereocenters. The first-order chi connectivity index (χ1) is 14.4. The fraction of sp³-hybridized carbons (Fsp3) is 0.292. The Morgan fingerprint density at radius 1 is 0.935 bits per heavy atom. The Hall–Kier alpha value is -2.80. The summed E-state index contributed by atoms with van der Waals surface area (Å²) in [4.78, 5) is 12.9. The number of amides is 1. The summed E-state index contributed by atoms with van der Waals surface area (Å²) in [5.74, 6) is 0.172. The molecule has 0 saturated heterocycles. The average Bonchev–Trinajstić information content (AvgIpc) is 3.17. The number of primary amides is 1. The normalized spacial score (nSPS) is 13.1. The van der Waals surface area contributed by atoms with E-state index >= 15 is 0 Å². The van der Waals surface area contributed by atoms with Crippen LogP contribution in [0.4, 0.5) is 13.2 Å². The lowest BCUT2D eigenvalue weighted by Crippen LogP contribution is -2.16. The maximum atomic E-state index is 12.8. The van der Waals surface area contributed by atoms with Gasteiger partial charge in [-0.3, -0.25) is 4.79 Å². The molecule has 3 aromatic rings. The number of hydrogen-bond acceptors (Lipinski definition) is 3. The van der Waals surface area contributed by atoms with Crippen LogP contribution in [-0.2, 0) is 6.18 Å². The van der Waals surface area contributed by atoms with Crippen LogP contribution in [0, 0.1) is 5.41 Å². The quantitative estimate of drug-likeness (QED) is 0.439. The van der Waals surface area contributed by atoms with Gasteiger partial charge in [-0.05, 0) is 59.4 Å². The summed E-state index contributed by atoms with van der Waals surface area (Å²) >= 11 is 1.32. The van der Waals surface area contributed by atoms with Crippen molar-refractivity contribution in [3.8, 4) is 16.9 Å². The number of hydrogen-bond donors (Lipinski definition) is 1. The van der Waals surface area contributed by atoms with E-state index in [0.717, 1.165) is 29.0 Å². The molecule has 0 aliphatic rings. The smallest absolute Gasteiger partial charge is 0.416 e. The van der Waals surface area contributed by atoms with Crippen LogP contribution >= 0.6 is 11.3 Å². The molecule has 3 rings (SSSR count). The molecule has 3 nitrogen and oxygen atoms in total. The van der Waals surface area contributed by atoms with Gasteiger partial charge in [0.1, 0.15) is 11.9 Å². The second-order valence-electron chi connectivity index (χ2n) is 8.54. The van der Waals surface area contributed by atoms with Crippen molar-refractivity contribution in [2.45, 2.75) is 39.5 Å². The first-order valence-corrected chi connectivity index (χ1v) is 10.6. The predicted molar refractivity (Wildman–Crippen MR) is 117 cm³/mol. The number of thiophene rings is 1. The largest absolute Gasteiger partial charge is 0.485 e. The number of rotatable bonds is 6. The van der Waals surface area contributed by atoms with Gasteiger partial charge in [-0.15, -0.1) is 11.3 Å². The zero-order valence-corrected chi connectivity index (χ0v) is 18.3. The third kappa shape index (κ3) is 6.10. The second kappa shape index (κ2) is 8.75. The van der Waals surface area contributed by atoms with E-state index in [1.807, 2.05) is 18.2 Å². The lowest BCUT2D eigenvalue weighted by Gasteiger charge is -2.26. The molecule has 0 spiro atoms. The number of carbonyl (C=O) groups excluding carboxylic acids is 1. The van der Waals surface area contributed by atoms with Crippen molar-refractivity contribution >= 4 is 17.2 Å². The highest BCUT2D eigenvalue weighted by molar-refractivity contribution is 7.14. The molecule has 1 amide bonds. The summed E-state index contributed by atoms with van der Waals surface area (Å²) in [5.41, 5.74) is 6.18. The Morgan fingerprint density at radius 3 is 1.94 bits per heavy atom. The Kier molecular flexibility index (Phi) is 6.46. The molecule has 7 heteroatoms. The van der Waals surface area contributed by atoms with Gasteiger partial charge in [0.05, 0.1) is 10.4 Å². The van der Waals surface area contributed by atoms with E-state index in [1.54, 1.807) is 18.2 Å². The Balaban J connectivity index is 1.79. The van der Waals surface area contributed by atoms with Crippen molar-refractivity contribution in [2.24, 2.45) is 11.1 Å². The monoisotopic (exact) mass is 447 g/mol. The maximum Gasteiger partial charge on any atom is 0.416 e. The van der Waals surface area contributed by atoms with Crippen molar-refractivity contribution in [3.63, 3.8) is 0 Å². The third-order valence-corrected chi connectivity index (χ3v) is 5.85. The van der Waals surface area contributed by atoms with Gasteiger partial charge in [-0.2, -0.15) is 13.2 Å². The third-order valence-electron chi connectivity index (χ3n) is 4.66. The molecule has 31 heavy (non-hydrogen) atoms. The highest BCUT2D eigenvalue weighted by Crippen LogP contribution is 2.37. The number of nitrogens with two attached hydrogens (primary N) is 1. The second-order valence-corrected chi connectivity index (χ2v) is 9.65. The zero-order valence-electron chi connectivity index (χ0n) is 17.5. The van der Waals surface area contributed by atoms with Gasteiger partial charge in [0.25, 0.3) is 5.91 Å². The van der Waals surface area contributed by atoms with Gasteiger partial charge in [0.2, 0.25) is 0 Å². The molecular weight excluding hydrogens is 423 g/mol. The SMILES string of the molecule is CC(C)(C)CC(Oc1ccc(-c2ccc(C(F)(F)F)cc2)cc1)c1ccc(C(N)=O)s1. The van der Waals surface area contributed by atoms with Gasteiger partial charge in [0.15, 0.2) is 0 Å². The van der Waals surface area contributed by atoms with Crippen molar-refractivity contribution in [3.05, 3.63) is 76.0 Å². The van der Waals surface area contributed by atoms with Crippen molar-refractivity contribution in [1.82, 2.24) is 0 Å². The molecule has 0 radical (unpaired) electrons. The Bertz CT molecular complexity index is 1030. The lowest BCUT2D eigenvalue weighted by atomic mass is 9.88. The molecule has 164 valence electrons. The van der Waals surface area contributed by atoms with E-state index in [9.17, 15) is 18.0 Å². The summed E-state index contributed by atoms with van der Waals surface area (Å²) in [6.07, 6.45) is -3.88. The fourth-order valence-corrected chi connectivity index (χ4v) is 4.05. The van der Waals surface area contributed by atoms with Gasteiger partial charge in [0, 0.05) is 4.88 Å². The molecule has 2 aromatic carbocycles. The van der Waals surface area contributed by atoms with Crippen LogP contribution in [0.5, 0.6) is 5.75 Å². The molecule has 2 N–H and O–H groups in total. The van der Waals surface area contributed by atoms with Gasteiger partial charge < -0.3 is 10.5 Å². The molecule has 1 heterocycles. The summed E-state index contributed by atoms with van der Waals surface area (Å²) in [5, 5.41) is 0. The van der Waals surface area contributed by atoms with E-state index in [2.05, 4.69) is 20.8 Å². The van der Waals surface area contributed by atoms with E-state index in [4.69, 9.17) is 10.5 Å². The maximum absolute atomic E-state index is 12.8. The van der Waals surface area contributed by atoms with E-state index in [0.29, 0.717) is 16.2 Å². The van der Waals surface area contributed by atoms with E-state index < -0.39 is 17.6 Å². The molecule has 0 fully saturated rings. The van der Waals surface area contributed by atoms with Crippen LogP contribution < -0.4 is 10.5 Å². The molecular formula is C24H24F3NO2S. The van der Waals surface area contributed by atoms with Gasteiger partial charge in [-0.25, -0.2) is 0 Å². The first kappa shape index (κ1) is 22.9. The number of ether oxygens (including phenoxy) is 1. The summed E-state index contributed by atoms with van der Waals surface area (Å²) in [6.45, 7) is 6.33. The molecule has 0 saturated carbocycles. The number of carbonyl (C=O) groups is 1. The molecule has 0 aliphatic heterocycles. The number of halogens is 3. The van der Waals surface area contributed by atoms with Crippen LogP contribution in [0.3, 0.4) is 0 Å². The molecule has 0 aliphatic carbocycles. The van der Waals surface area contributed by atoms with Crippen molar-refractivity contribution in [2.75, 3.05) is 0 Å². The first-order valence-electron chi connectivity index (χ1n) is 9.76. The predicted octanol–water partition coefficient (Wildman–Crippen LogP) is 7.09. The van der Waals surface area contributed by atoms with Crippen LogP contribution in [0.2, 0.25) is 0 Å². The molecule has 1 unspecified atom stereocenters. The lowest BCUT2D eigenvalue weighted by molar-refractivity contribution is -0.137.